The molecule has 0 spiro atoms. The van der Waals surface area contributed by atoms with Gasteiger partial charge in [-0.15, -0.1) is 0 Å². The highest BCUT2D eigenvalue weighted by molar-refractivity contribution is 6.35. The number of halogens is 2. The van der Waals surface area contributed by atoms with Crippen LogP contribution in [-0.2, 0) is 33.3 Å². The Hall–Kier alpha value is -3.68. The summed E-state index contributed by atoms with van der Waals surface area (Å²) in [5.74, 6) is -1.97. The molecule has 0 saturated heterocycles. The average Bonchev–Trinajstić information content (AvgIpc) is 3.08. The minimum atomic E-state index is -1.14. The van der Waals surface area contributed by atoms with Crippen molar-refractivity contribution in [3.8, 4) is 11.5 Å². The third-order valence-corrected chi connectivity index (χ3v) is 12.7. The second kappa shape index (κ2) is 13.1. The Balaban J connectivity index is 1.06. The number of hydrogen-bond acceptors (Lipinski definition) is 6. The third-order valence-electron chi connectivity index (χ3n) is 12.1. The molecule has 6 nitrogen and oxygen atoms in total. The van der Waals surface area contributed by atoms with E-state index in [-0.39, 0.29) is 34.4 Å². The molecule has 0 bridgehead atoms. The molecule has 0 aromatic heterocycles. The molecule has 2 aliphatic heterocycles. The van der Waals surface area contributed by atoms with Gasteiger partial charge in [0.2, 0.25) is 0 Å². The minimum absolute atomic E-state index is 0.0487. The SMILES string of the molecule is CN1CCc2cc(Cl)c(OC(=O)C(=O)Oc3cc4c(cc3Cl)CCN(C)C4C3(c4ccccc4)CCC3)cc2C1C1(c2ccccc2)CCC1. The van der Waals surface area contributed by atoms with E-state index in [0.717, 1.165) is 86.7 Å². The molecular formula is C42H42Cl2N2O4. The predicted molar refractivity (Wildman–Crippen MR) is 196 cm³/mol. The Morgan fingerprint density at radius 3 is 1.34 bits per heavy atom. The second-order valence-electron chi connectivity index (χ2n) is 14.8. The molecular weight excluding hydrogens is 667 g/mol. The Bertz CT molecular complexity index is 1800. The van der Waals surface area contributed by atoms with Crippen LogP contribution in [0.1, 0.15) is 84.0 Å². The van der Waals surface area contributed by atoms with E-state index in [9.17, 15) is 9.59 Å². The molecule has 2 aliphatic carbocycles. The van der Waals surface area contributed by atoms with Crippen LogP contribution >= 0.6 is 23.2 Å². The average molecular weight is 710 g/mol. The lowest BCUT2D eigenvalue weighted by atomic mass is 9.57. The van der Waals surface area contributed by atoms with Crippen LogP contribution in [-0.4, -0.2) is 48.9 Å². The Kier molecular flexibility index (Phi) is 8.79. The Morgan fingerprint density at radius 1 is 0.620 bits per heavy atom. The van der Waals surface area contributed by atoms with Gasteiger partial charge in [-0.1, -0.05) is 96.7 Å². The van der Waals surface area contributed by atoms with E-state index in [1.165, 1.54) is 11.1 Å². The highest BCUT2D eigenvalue weighted by Gasteiger charge is 2.51. The molecule has 4 aromatic carbocycles. The smallest absolute Gasteiger partial charge is 0.416 e. The highest BCUT2D eigenvalue weighted by Crippen LogP contribution is 2.58. The van der Waals surface area contributed by atoms with Crippen molar-refractivity contribution in [3.63, 3.8) is 0 Å². The van der Waals surface area contributed by atoms with Crippen LogP contribution in [0.4, 0.5) is 0 Å². The number of likely N-dealkylation sites (N-methyl/N-ethyl adjacent to an activating group) is 2. The fourth-order valence-corrected chi connectivity index (χ4v) is 9.91. The monoisotopic (exact) mass is 708 g/mol. The summed E-state index contributed by atoms with van der Waals surface area (Å²) in [5.41, 5.74) is 6.98. The normalized spacial score (nSPS) is 22.3. The maximum Gasteiger partial charge on any atom is 0.423 e. The number of nitrogens with zero attached hydrogens (tertiary/aromatic N) is 2. The first kappa shape index (κ1) is 33.5. The number of esters is 2. The standard InChI is InChI=1S/C42H42Cl2N2O4/c1-45-21-15-27-23-33(43)35(25-31(27)37(45)41(17-9-18-41)29-11-5-3-6-12-29)49-39(47)40(48)50-36-26-32-28(24-34(36)44)16-22-46(2)38(32)42(19-10-20-42)30-13-7-4-8-14-30/h3-8,11-14,23-26,37-38H,9-10,15-22H2,1-2H3. The Labute approximate surface area is 304 Å². The van der Waals surface area contributed by atoms with Crippen LogP contribution in [0.2, 0.25) is 10.0 Å². The van der Waals surface area contributed by atoms with Crippen molar-refractivity contribution in [3.05, 3.63) is 128 Å². The van der Waals surface area contributed by atoms with E-state index >= 15 is 0 Å². The number of fused-ring (bicyclic) bond motifs is 2. The van der Waals surface area contributed by atoms with Crippen LogP contribution in [0, 0.1) is 0 Å². The van der Waals surface area contributed by atoms with Crippen molar-refractivity contribution < 1.29 is 19.1 Å². The maximum atomic E-state index is 13.4. The molecule has 4 aromatic rings. The van der Waals surface area contributed by atoms with E-state index < -0.39 is 11.9 Å². The first-order valence-corrected chi connectivity index (χ1v) is 18.6. The lowest BCUT2D eigenvalue weighted by molar-refractivity contribution is -0.156. The molecule has 8 rings (SSSR count). The maximum absolute atomic E-state index is 13.4. The van der Waals surface area contributed by atoms with Gasteiger partial charge in [-0.05, 0) is 110 Å². The molecule has 0 radical (unpaired) electrons. The van der Waals surface area contributed by atoms with E-state index in [2.05, 4.69) is 84.6 Å². The predicted octanol–water partition coefficient (Wildman–Crippen LogP) is 8.81. The largest absolute Gasteiger partial charge is 0.423 e. The molecule has 8 heteroatoms. The van der Waals surface area contributed by atoms with Crippen molar-refractivity contribution in [2.75, 3.05) is 27.2 Å². The van der Waals surface area contributed by atoms with E-state index in [1.54, 1.807) is 0 Å². The highest BCUT2D eigenvalue weighted by atomic mass is 35.5. The summed E-state index contributed by atoms with van der Waals surface area (Å²) in [7, 11) is 4.32. The zero-order chi connectivity index (χ0) is 34.6. The van der Waals surface area contributed by atoms with E-state index in [1.807, 2.05) is 24.3 Å². The first-order chi connectivity index (χ1) is 24.2. The van der Waals surface area contributed by atoms with Gasteiger partial charge < -0.3 is 9.47 Å². The molecule has 0 amide bonds. The van der Waals surface area contributed by atoms with Gasteiger partial charge in [-0.25, -0.2) is 9.59 Å². The summed E-state index contributed by atoms with van der Waals surface area (Å²) < 4.78 is 11.4. The summed E-state index contributed by atoms with van der Waals surface area (Å²) in [6, 6.07) is 29.0. The van der Waals surface area contributed by atoms with Gasteiger partial charge in [-0.2, -0.15) is 0 Å². The van der Waals surface area contributed by atoms with Crippen LogP contribution in [0.5, 0.6) is 11.5 Å². The zero-order valence-electron chi connectivity index (χ0n) is 28.6. The van der Waals surface area contributed by atoms with Crippen molar-refractivity contribution in [1.82, 2.24) is 9.80 Å². The van der Waals surface area contributed by atoms with Crippen LogP contribution < -0.4 is 9.47 Å². The first-order valence-electron chi connectivity index (χ1n) is 17.8. The molecule has 2 unspecified atom stereocenters. The topological polar surface area (TPSA) is 59.1 Å². The quantitative estimate of drug-likeness (QED) is 0.113. The number of carbonyl (C=O) groups excluding carboxylic acids is 2. The van der Waals surface area contributed by atoms with Crippen LogP contribution in [0.3, 0.4) is 0 Å². The van der Waals surface area contributed by atoms with Crippen molar-refractivity contribution in [2.45, 2.75) is 74.3 Å². The number of hydrogen-bond donors (Lipinski definition) is 0. The van der Waals surface area contributed by atoms with Crippen molar-refractivity contribution in [2.24, 2.45) is 0 Å². The summed E-state index contributed by atoms with van der Waals surface area (Å²) in [6.45, 7) is 1.80. The van der Waals surface area contributed by atoms with Gasteiger partial charge in [0.05, 0.1) is 10.0 Å². The van der Waals surface area contributed by atoms with Gasteiger partial charge in [0.1, 0.15) is 11.5 Å². The van der Waals surface area contributed by atoms with Crippen LogP contribution in [0.25, 0.3) is 0 Å². The van der Waals surface area contributed by atoms with Gasteiger partial charge in [0.25, 0.3) is 0 Å². The van der Waals surface area contributed by atoms with Crippen LogP contribution in [0.15, 0.2) is 84.9 Å². The molecule has 2 fully saturated rings. The number of ether oxygens (including phenoxy) is 2. The summed E-state index contributed by atoms with van der Waals surface area (Å²) >= 11 is 13.4. The lowest BCUT2D eigenvalue weighted by Gasteiger charge is -2.53. The number of rotatable bonds is 6. The van der Waals surface area contributed by atoms with E-state index in [0.29, 0.717) is 10.0 Å². The molecule has 2 atom stereocenters. The second-order valence-corrected chi connectivity index (χ2v) is 15.6. The van der Waals surface area contributed by atoms with Gasteiger partial charge in [-0.3, -0.25) is 9.80 Å². The minimum Gasteiger partial charge on any atom is -0.416 e. The zero-order valence-corrected chi connectivity index (χ0v) is 30.1. The fourth-order valence-electron chi connectivity index (χ4n) is 9.46. The van der Waals surface area contributed by atoms with Gasteiger partial charge in [0.15, 0.2) is 0 Å². The molecule has 2 heterocycles. The Morgan fingerprint density at radius 2 is 1.00 bits per heavy atom. The molecule has 2 saturated carbocycles. The van der Waals surface area contributed by atoms with Gasteiger partial charge >= 0.3 is 11.9 Å². The molecule has 50 heavy (non-hydrogen) atoms. The molecule has 0 N–H and O–H groups in total. The third kappa shape index (κ3) is 5.56. The van der Waals surface area contributed by atoms with E-state index in [4.69, 9.17) is 32.7 Å². The number of carbonyl (C=O) groups is 2. The summed E-state index contributed by atoms with van der Waals surface area (Å²) in [5, 5.41) is 0.583. The molecule has 4 aliphatic rings. The number of benzene rings is 4. The fraction of sp³-hybridized carbons (Fsp3) is 0.381. The van der Waals surface area contributed by atoms with Crippen molar-refractivity contribution in [1.29, 1.82) is 0 Å². The van der Waals surface area contributed by atoms with Crippen molar-refractivity contribution >= 4 is 35.1 Å². The summed E-state index contributed by atoms with van der Waals surface area (Å²) in [6.07, 6.45) is 8.26. The van der Waals surface area contributed by atoms with Gasteiger partial charge in [0, 0.05) is 36.0 Å². The lowest BCUT2D eigenvalue weighted by Crippen LogP contribution is -2.49. The summed E-state index contributed by atoms with van der Waals surface area (Å²) in [4.78, 5) is 31.5. The molecule has 258 valence electrons.